The molecule has 1 aromatic heterocycles. The van der Waals surface area contributed by atoms with Crippen molar-refractivity contribution in [2.75, 3.05) is 0 Å². The fourth-order valence-corrected chi connectivity index (χ4v) is 2.89. The van der Waals surface area contributed by atoms with Crippen molar-refractivity contribution in [3.05, 3.63) is 17.0 Å². The average molecular weight is 418 g/mol. The lowest BCUT2D eigenvalue weighted by Gasteiger charge is -2.20. The number of aliphatic imine (C=N–C) groups is 1. The Labute approximate surface area is 134 Å². The van der Waals surface area contributed by atoms with E-state index >= 15 is 0 Å². The van der Waals surface area contributed by atoms with Crippen LogP contribution in [0.15, 0.2) is 21.3 Å². The number of sulfonamides is 1. The molecule has 0 aliphatic heterocycles. The minimum absolute atomic E-state index is 0. The van der Waals surface area contributed by atoms with Crippen LogP contribution in [0.25, 0.3) is 0 Å². The molecule has 0 aliphatic carbocycles. The van der Waals surface area contributed by atoms with Gasteiger partial charge in [-0.2, -0.15) is 0 Å². The topological polar surface area (TPSA) is 111 Å². The molecule has 1 aromatic rings. The van der Waals surface area contributed by atoms with E-state index in [1.165, 1.54) is 6.07 Å². The molecule has 0 atom stereocenters. The molecule has 0 saturated heterocycles. The lowest BCUT2D eigenvalue weighted by molar-refractivity contribution is 0.508. The molecular formula is C10H19IN4O2S2. The van der Waals surface area contributed by atoms with Crippen molar-refractivity contribution in [2.45, 2.75) is 37.1 Å². The Morgan fingerprint density at radius 3 is 2.42 bits per heavy atom. The third-order valence-corrected chi connectivity index (χ3v) is 4.33. The Kier molecular flexibility index (Phi) is 6.72. The number of nitrogens with one attached hydrogen (secondary N) is 1. The summed E-state index contributed by atoms with van der Waals surface area (Å²) in [5.41, 5.74) is 5.54. The summed E-state index contributed by atoms with van der Waals surface area (Å²) in [7, 11) is -3.63. The molecule has 0 amide bonds. The quantitative estimate of drug-likeness (QED) is 0.389. The average Bonchev–Trinajstić information content (AvgIpc) is 2.59. The second-order valence-corrected chi connectivity index (χ2v) is 7.80. The molecule has 0 fully saturated rings. The van der Waals surface area contributed by atoms with E-state index < -0.39 is 10.0 Å². The molecule has 19 heavy (non-hydrogen) atoms. The third-order valence-electron chi connectivity index (χ3n) is 1.83. The fraction of sp³-hybridized carbons (Fsp3) is 0.500. The van der Waals surface area contributed by atoms with Gasteiger partial charge in [-0.1, -0.05) is 0 Å². The van der Waals surface area contributed by atoms with Crippen molar-refractivity contribution in [3.63, 3.8) is 0 Å². The van der Waals surface area contributed by atoms with Gasteiger partial charge in [0.2, 0.25) is 10.0 Å². The van der Waals surface area contributed by atoms with E-state index in [4.69, 9.17) is 10.9 Å². The Bertz CT molecular complexity index is 546. The summed E-state index contributed by atoms with van der Waals surface area (Å²) in [5.74, 6) is 0.327. The smallest absolute Gasteiger partial charge is 0.247 e. The van der Waals surface area contributed by atoms with Gasteiger partial charge in [0.15, 0.2) is 5.96 Å². The summed E-state index contributed by atoms with van der Waals surface area (Å²) >= 11 is 1.10. The summed E-state index contributed by atoms with van der Waals surface area (Å²) in [6, 6.07) is 3.15. The molecule has 0 bridgehead atoms. The van der Waals surface area contributed by atoms with Crippen LogP contribution in [0, 0.1) is 0 Å². The minimum atomic E-state index is -3.63. The zero-order chi connectivity index (χ0) is 14.0. The minimum Gasteiger partial charge on any atom is -0.370 e. The van der Waals surface area contributed by atoms with Gasteiger partial charge in [0.25, 0.3) is 0 Å². The summed E-state index contributed by atoms with van der Waals surface area (Å²) in [6.07, 6.45) is 0. The maximum Gasteiger partial charge on any atom is 0.247 e. The Balaban J connectivity index is 0.00000324. The lowest BCUT2D eigenvalue weighted by Crippen LogP contribution is -2.44. The van der Waals surface area contributed by atoms with Crippen LogP contribution in [0.4, 0.5) is 0 Å². The fourth-order valence-electron chi connectivity index (χ4n) is 1.18. The van der Waals surface area contributed by atoms with Crippen molar-refractivity contribution < 1.29 is 8.42 Å². The van der Waals surface area contributed by atoms with Gasteiger partial charge in [-0.25, -0.2) is 18.5 Å². The molecule has 0 aliphatic rings. The highest BCUT2D eigenvalue weighted by atomic mass is 127. The molecule has 1 heterocycles. The van der Waals surface area contributed by atoms with Crippen LogP contribution >= 0.6 is 35.3 Å². The maximum absolute atomic E-state index is 11.1. The monoisotopic (exact) mass is 418 g/mol. The van der Waals surface area contributed by atoms with E-state index in [1.807, 2.05) is 20.8 Å². The first-order chi connectivity index (χ1) is 8.08. The highest BCUT2D eigenvalue weighted by Crippen LogP contribution is 2.20. The van der Waals surface area contributed by atoms with Gasteiger partial charge in [-0.3, -0.25) is 0 Å². The van der Waals surface area contributed by atoms with Gasteiger partial charge in [-0.05, 0) is 32.9 Å². The zero-order valence-corrected chi connectivity index (χ0v) is 15.0. The third kappa shape index (κ3) is 7.09. The van der Waals surface area contributed by atoms with Crippen LogP contribution < -0.4 is 16.2 Å². The van der Waals surface area contributed by atoms with Crippen LogP contribution in [0.3, 0.4) is 0 Å². The van der Waals surface area contributed by atoms with Gasteiger partial charge in [0.1, 0.15) is 4.21 Å². The first kappa shape index (κ1) is 18.6. The van der Waals surface area contributed by atoms with Crippen LogP contribution in [0.1, 0.15) is 25.6 Å². The molecular weight excluding hydrogens is 399 g/mol. The number of nitrogens with two attached hydrogens (primary N) is 2. The predicted molar refractivity (Wildman–Crippen MR) is 89.3 cm³/mol. The number of halogens is 1. The number of guanidine groups is 1. The number of thiophene rings is 1. The first-order valence-corrected chi connectivity index (χ1v) is 7.64. The molecule has 0 spiro atoms. The number of rotatable bonds is 3. The SMILES string of the molecule is CC(C)(C)NC(N)=NCc1ccc(S(N)(=O)=O)s1.I. The Hall–Kier alpha value is -0.390. The van der Waals surface area contributed by atoms with Crippen LogP contribution in [-0.4, -0.2) is 19.9 Å². The van der Waals surface area contributed by atoms with E-state index in [1.54, 1.807) is 6.07 Å². The number of nitrogens with zero attached hydrogens (tertiary/aromatic N) is 1. The summed E-state index contributed by atoms with van der Waals surface area (Å²) < 4.78 is 22.3. The number of primary sulfonamides is 1. The largest absolute Gasteiger partial charge is 0.370 e. The van der Waals surface area contributed by atoms with Gasteiger partial charge in [0, 0.05) is 10.4 Å². The van der Waals surface area contributed by atoms with Crippen molar-refractivity contribution in [2.24, 2.45) is 15.9 Å². The van der Waals surface area contributed by atoms with Crippen molar-refractivity contribution in [1.29, 1.82) is 0 Å². The standard InChI is InChI=1S/C10H18N4O2S2.HI/c1-10(2,3)14-9(11)13-6-7-4-5-8(17-7)18(12,15)16;/h4-5H,6H2,1-3H3,(H3,11,13,14)(H2,12,15,16);1H. The molecule has 1 rings (SSSR count). The molecule has 6 nitrogen and oxygen atoms in total. The second-order valence-electron chi connectivity index (χ2n) is 4.84. The lowest BCUT2D eigenvalue weighted by atomic mass is 10.1. The van der Waals surface area contributed by atoms with Crippen molar-refractivity contribution in [3.8, 4) is 0 Å². The highest BCUT2D eigenvalue weighted by molar-refractivity contribution is 14.0. The van der Waals surface area contributed by atoms with Crippen LogP contribution in [-0.2, 0) is 16.6 Å². The van der Waals surface area contributed by atoms with E-state index in [0.717, 1.165) is 16.2 Å². The van der Waals surface area contributed by atoms with Crippen LogP contribution in [0.2, 0.25) is 0 Å². The van der Waals surface area contributed by atoms with E-state index in [-0.39, 0.29) is 33.7 Å². The van der Waals surface area contributed by atoms with Crippen molar-refractivity contribution >= 4 is 51.3 Å². The van der Waals surface area contributed by atoms with Gasteiger partial charge in [0.05, 0.1) is 6.54 Å². The normalized spacial score (nSPS) is 12.9. The summed E-state index contributed by atoms with van der Waals surface area (Å²) in [5, 5.41) is 8.03. The number of hydrogen-bond donors (Lipinski definition) is 3. The maximum atomic E-state index is 11.1. The molecule has 110 valence electrons. The Morgan fingerprint density at radius 2 is 2.00 bits per heavy atom. The van der Waals surface area contributed by atoms with E-state index in [2.05, 4.69) is 10.3 Å². The first-order valence-electron chi connectivity index (χ1n) is 5.27. The van der Waals surface area contributed by atoms with Crippen LogP contribution in [0.5, 0.6) is 0 Å². The van der Waals surface area contributed by atoms with Gasteiger partial charge in [-0.15, -0.1) is 35.3 Å². The van der Waals surface area contributed by atoms with Crippen molar-refractivity contribution in [1.82, 2.24) is 5.32 Å². The molecule has 0 unspecified atom stereocenters. The molecule has 5 N–H and O–H groups in total. The van der Waals surface area contributed by atoms with Gasteiger partial charge < -0.3 is 11.1 Å². The Morgan fingerprint density at radius 1 is 1.42 bits per heavy atom. The summed E-state index contributed by atoms with van der Waals surface area (Å²) in [4.78, 5) is 4.92. The van der Waals surface area contributed by atoms with Gasteiger partial charge >= 0.3 is 0 Å². The molecule has 0 saturated carbocycles. The van der Waals surface area contributed by atoms with E-state index in [0.29, 0.717) is 12.5 Å². The molecule has 9 heteroatoms. The summed E-state index contributed by atoms with van der Waals surface area (Å²) in [6.45, 7) is 6.24. The number of hydrogen-bond acceptors (Lipinski definition) is 4. The zero-order valence-electron chi connectivity index (χ0n) is 11.0. The highest BCUT2D eigenvalue weighted by Gasteiger charge is 2.12. The van der Waals surface area contributed by atoms with E-state index in [9.17, 15) is 8.42 Å². The predicted octanol–water partition coefficient (Wildman–Crippen LogP) is 1.22. The molecule has 0 radical (unpaired) electrons. The molecule has 0 aromatic carbocycles. The second kappa shape index (κ2) is 6.86.